The first-order valence-electron chi connectivity index (χ1n) is 11.7. The molecule has 0 spiro atoms. The first kappa shape index (κ1) is 29.5. The molecule has 1 unspecified atom stereocenters. The molecule has 1 N–H and O–H groups in total. The average molecular weight is 558 g/mol. The molecule has 0 aliphatic heterocycles. The number of sulfone groups is 1. The van der Waals surface area contributed by atoms with Crippen LogP contribution in [0.4, 0.5) is 22.0 Å². The van der Waals surface area contributed by atoms with Crippen LogP contribution in [0.15, 0.2) is 65.6 Å². The molecule has 5 nitrogen and oxygen atoms in total. The molecule has 0 amide bonds. The van der Waals surface area contributed by atoms with Gasteiger partial charge in [-0.15, -0.1) is 0 Å². The number of halogens is 5. The molecule has 0 bridgehead atoms. The van der Waals surface area contributed by atoms with Crippen molar-refractivity contribution in [3.8, 4) is 5.75 Å². The van der Waals surface area contributed by atoms with E-state index in [4.69, 9.17) is 4.74 Å². The Morgan fingerprint density at radius 2 is 1.68 bits per heavy atom. The fraction of sp³-hybridized carbons (Fsp3) is 0.333. The lowest BCUT2D eigenvalue weighted by Gasteiger charge is -2.24. The maximum Gasteiger partial charge on any atom is 0.419 e. The first-order chi connectivity index (χ1) is 17.8. The third-order valence-corrected chi connectivity index (χ3v) is 6.93. The molecule has 0 radical (unpaired) electrons. The van der Waals surface area contributed by atoms with Gasteiger partial charge in [0.15, 0.2) is 9.84 Å². The van der Waals surface area contributed by atoms with Gasteiger partial charge >= 0.3 is 6.18 Å². The molecule has 0 heterocycles. The molecule has 3 rings (SSSR count). The number of hydrogen-bond acceptors (Lipinski definition) is 5. The van der Waals surface area contributed by atoms with E-state index in [1.165, 1.54) is 13.0 Å². The van der Waals surface area contributed by atoms with Crippen molar-refractivity contribution in [2.24, 2.45) is 0 Å². The number of aliphatic hydroxyl groups is 1. The van der Waals surface area contributed by atoms with E-state index in [-0.39, 0.29) is 41.5 Å². The Hall–Kier alpha value is -3.02. The predicted molar refractivity (Wildman–Crippen MR) is 132 cm³/mol. The van der Waals surface area contributed by atoms with Crippen molar-refractivity contribution < 1.29 is 40.2 Å². The highest BCUT2D eigenvalue weighted by atomic mass is 32.2. The van der Waals surface area contributed by atoms with E-state index in [2.05, 4.69) is 0 Å². The molecule has 0 fully saturated rings. The monoisotopic (exact) mass is 557 g/mol. The summed E-state index contributed by atoms with van der Waals surface area (Å²) in [7, 11) is -3.86. The summed E-state index contributed by atoms with van der Waals surface area (Å²) < 4.78 is 98.5. The topological polar surface area (TPSA) is 66.8 Å². The zero-order valence-corrected chi connectivity index (χ0v) is 21.6. The summed E-state index contributed by atoms with van der Waals surface area (Å²) in [4.78, 5) is 1.38. The van der Waals surface area contributed by atoms with Gasteiger partial charge in [-0.3, -0.25) is 4.90 Å². The van der Waals surface area contributed by atoms with Gasteiger partial charge < -0.3 is 9.84 Å². The summed E-state index contributed by atoms with van der Waals surface area (Å²) in [5, 5.41) is 9.80. The van der Waals surface area contributed by atoms with E-state index in [1.54, 1.807) is 4.90 Å². The number of aliphatic hydroxyl groups excluding tert-OH is 1. The molecule has 0 aliphatic carbocycles. The average Bonchev–Trinajstić information content (AvgIpc) is 2.81. The van der Waals surface area contributed by atoms with Crippen molar-refractivity contribution >= 4 is 9.84 Å². The van der Waals surface area contributed by atoms with Gasteiger partial charge in [-0.2, -0.15) is 13.2 Å². The fourth-order valence-electron chi connectivity index (χ4n) is 4.06. The summed E-state index contributed by atoms with van der Waals surface area (Å²) in [6, 6.07) is 14.4. The highest BCUT2D eigenvalue weighted by molar-refractivity contribution is 7.90. The van der Waals surface area contributed by atoms with Gasteiger partial charge in [-0.1, -0.05) is 42.5 Å². The van der Waals surface area contributed by atoms with Crippen LogP contribution < -0.4 is 4.74 Å². The Balaban J connectivity index is 1.75. The van der Waals surface area contributed by atoms with E-state index in [9.17, 15) is 35.5 Å². The van der Waals surface area contributed by atoms with Crippen LogP contribution in [0.2, 0.25) is 0 Å². The molecular weight excluding hydrogens is 529 g/mol. The SMILES string of the molecule is CC(O)c1c(F)cc(OCCCN(Cc2ccccc2)Cc2cccc(C(F)(F)F)c2F)cc1S(C)(=O)=O. The summed E-state index contributed by atoms with van der Waals surface area (Å²) >= 11 is 0. The van der Waals surface area contributed by atoms with Gasteiger partial charge in [0.1, 0.15) is 17.4 Å². The lowest BCUT2D eigenvalue weighted by atomic mass is 10.1. The summed E-state index contributed by atoms with van der Waals surface area (Å²) in [5.74, 6) is -2.30. The zero-order valence-electron chi connectivity index (χ0n) is 20.8. The predicted octanol–water partition coefficient (Wildman–Crippen LogP) is 5.91. The smallest absolute Gasteiger partial charge is 0.419 e. The maximum absolute atomic E-state index is 14.7. The number of nitrogens with zero attached hydrogens (tertiary/aromatic N) is 1. The molecule has 0 saturated heterocycles. The minimum atomic E-state index is -4.82. The van der Waals surface area contributed by atoms with Crippen LogP contribution >= 0.6 is 0 Å². The van der Waals surface area contributed by atoms with Crippen LogP contribution in [0.25, 0.3) is 0 Å². The summed E-state index contributed by atoms with van der Waals surface area (Å²) in [5.41, 5.74) is -0.918. The Labute approximate surface area is 218 Å². The van der Waals surface area contributed by atoms with Crippen molar-refractivity contribution in [1.29, 1.82) is 0 Å². The van der Waals surface area contributed by atoms with Gasteiger partial charge in [-0.25, -0.2) is 17.2 Å². The summed E-state index contributed by atoms with van der Waals surface area (Å²) in [6.45, 7) is 1.79. The number of alkyl halides is 3. The van der Waals surface area contributed by atoms with Gasteiger partial charge in [0.25, 0.3) is 0 Å². The van der Waals surface area contributed by atoms with Gasteiger partial charge in [0.2, 0.25) is 0 Å². The highest BCUT2D eigenvalue weighted by Gasteiger charge is 2.35. The molecule has 11 heteroatoms. The minimum Gasteiger partial charge on any atom is -0.493 e. The Kier molecular flexibility index (Phi) is 9.50. The van der Waals surface area contributed by atoms with Crippen molar-refractivity contribution in [3.05, 3.63) is 94.6 Å². The molecular formula is C27H28F5NO4S. The largest absolute Gasteiger partial charge is 0.493 e. The second-order valence-electron chi connectivity index (χ2n) is 8.94. The second-order valence-corrected chi connectivity index (χ2v) is 10.9. The number of ether oxygens (including phenoxy) is 1. The van der Waals surface area contributed by atoms with Crippen LogP contribution in [0.1, 0.15) is 41.7 Å². The Morgan fingerprint density at radius 1 is 1.00 bits per heavy atom. The van der Waals surface area contributed by atoms with E-state index in [0.29, 0.717) is 19.0 Å². The first-order valence-corrected chi connectivity index (χ1v) is 13.6. The normalized spacial score (nSPS) is 13.1. The van der Waals surface area contributed by atoms with Crippen molar-refractivity contribution in [3.63, 3.8) is 0 Å². The van der Waals surface area contributed by atoms with E-state index < -0.39 is 39.3 Å². The van der Waals surface area contributed by atoms with Crippen molar-refractivity contribution in [1.82, 2.24) is 4.90 Å². The van der Waals surface area contributed by atoms with Gasteiger partial charge in [-0.05, 0) is 31.0 Å². The molecule has 38 heavy (non-hydrogen) atoms. The quantitative estimate of drug-likeness (QED) is 0.235. The van der Waals surface area contributed by atoms with Crippen molar-refractivity contribution in [2.45, 2.75) is 43.6 Å². The lowest BCUT2D eigenvalue weighted by molar-refractivity contribution is -0.140. The number of rotatable bonds is 11. The fourth-order valence-corrected chi connectivity index (χ4v) is 5.06. The number of benzene rings is 3. The lowest BCUT2D eigenvalue weighted by Crippen LogP contribution is -2.26. The molecule has 0 aliphatic rings. The Morgan fingerprint density at radius 3 is 2.29 bits per heavy atom. The maximum atomic E-state index is 14.7. The third kappa shape index (κ3) is 7.75. The van der Waals surface area contributed by atoms with Gasteiger partial charge in [0.05, 0.1) is 23.2 Å². The second kappa shape index (κ2) is 12.2. The van der Waals surface area contributed by atoms with Crippen LogP contribution in [0.5, 0.6) is 5.75 Å². The standard InChI is InChI=1S/C27H28F5NO4S/c1-18(34)25-23(28)14-21(15-24(25)38(2,35)36)37-13-7-12-33(16-19-8-4-3-5-9-19)17-20-10-6-11-22(26(20)29)27(30,31)32/h3-6,8-11,14-15,18,34H,7,12-13,16-17H2,1-2H3. The van der Waals surface area contributed by atoms with Crippen molar-refractivity contribution in [2.75, 3.05) is 19.4 Å². The number of hydrogen-bond donors (Lipinski definition) is 1. The van der Waals surface area contributed by atoms with Gasteiger partial charge in [0, 0.05) is 43.1 Å². The molecule has 0 aromatic heterocycles. The Bertz CT molecular complexity index is 1350. The molecule has 206 valence electrons. The molecule has 1 atom stereocenters. The molecule has 0 saturated carbocycles. The van der Waals surface area contributed by atoms with Crippen LogP contribution in [-0.2, 0) is 29.1 Å². The molecule has 3 aromatic carbocycles. The highest BCUT2D eigenvalue weighted by Crippen LogP contribution is 2.33. The van der Waals surface area contributed by atoms with E-state index in [1.807, 2.05) is 30.3 Å². The van der Waals surface area contributed by atoms with Crippen LogP contribution in [-0.4, -0.2) is 37.8 Å². The van der Waals surface area contributed by atoms with Crippen LogP contribution in [0, 0.1) is 11.6 Å². The van der Waals surface area contributed by atoms with E-state index in [0.717, 1.165) is 30.0 Å². The minimum absolute atomic E-state index is 0.0209. The van der Waals surface area contributed by atoms with E-state index >= 15 is 0 Å². The zero-order chi connectivity index (χ0) is 28.1. The summed E-state index contributed by atoms with van der Waals surface area (Å²) in [6.07, 6.45) is -4.95. The van der Waals surface area contributed by atoms with Crippen LogP contribution in [0.3, 0.4) is 0 Å². The molecule has 3 aromatic rings. The third-order valence-electron chi connectivity index (χ3n) is 5.80.